The smallest absolute Gasteiger partial charge is 0.308 e. The predicted octanol–water partition coefficient (Wildman–Crippen LogP) is 9.46. The zero-order valence-electron chi connectivity index (χ0n) is 36.1. The van der Waals surface area contributed by atoms with Gasteiger partial charge in [-0.2, -0.15) is 0 Å². The van der Waals surface area contributed by atoms with Gasteiger partial charge in [0.2, 0.25) is 5.91 Å². The second-order valence-corrected chi connectivity index (χ2v) is 21.3. The van der Waals surface area contributed by atoms with E-state index in [-0.39, 0.29) is 62.9 Å². The quantitative estimate of drug-likeness (QED) is 0.172. The summed E-state index contributed by atoms with van der Waals surface area (Å²) in [6, 6.07) is 7.88. The van der Waals surface area contributed by atoms with E-state index in [1.54, 1.807) is 0 Å². The molecule has 3 N–H and O–H groups in total. The summed E-state index contributed by atoms with van der Waals surface area (Å²) in [4.78, 5) is 40.1. The van der Waals surface area contributed by atoms with E-state index in [0.29, 0.717) is 54.0 Å². The van der Waals surface area contributed by atoms with Crippen LogP contribution in [-0.4, -0.2) is 48.7 Å². The fraction of sp³-hybridized carbons (Fsp3) is 0.776. The van der Waals surface area contributed by atoms with Crippen LogP contribution < -0.4 is 10.6 Å². The minimum absolute atomic E-state index is 0.0206. The molecule has 0 bridgehead atoms. The monoisotopic (exact) mass is 771 g/mol. The number of methoxy groups -OCH3 is 1. The zero-order chi connectivity index (χ0) is 40.4. The second-order valence-electron chi connectivity index (χ2n) is 21.3. The first-order valence-electron chi connectivity index (χ1n) is 22.5. The second kappa shape index (κ2) is 15.2. The van der Waals surface area contributed by atoms with E-state index >= 15 is 0 Å². The number of nitrogens with one attached hydrogen (secondary N) is 2. The van der Waals surface area contributed by atoms with Crippen LogP contribution in [0.5, 0.6) is 0 Å². The fourth-order valence-corrected chi connectivity index (χ4v) is 15.3. The number of hydrogen-bond donors (Lipinski definition) is 3. The lowest BCUT2D eigenvalue weighted by Gasteiger charge is -2.72. The number of esters is 1. The number of aliphatic hydroxyl groups is 1. The van der Waals surface area contributed by atoms with Gasteiger partial charge < -0.3 is 20.5 Å². The highest BCUT2D eigenvalue weighted by molar-refractivity contribution is 5.94. The van der Waals surface area contributed by atoms with Gasteiger partial charge in [0.25, 0.3) is 5.91 Å². The Hall–Kier alpha value is -2.67. The van der Waals surface area contributed by atoms with Gasteiger partial charge in [-0.3, -0.25) is 14.4 Å². The number of ether oxygens (including phenoxy) is 1. The van der Waals surface area contributed by atoms with E-state index in [1.807, 2.05) is 18.2 Å². The summed E-state index contributed by atoms with van der Waals surface area (Å²) >= 11 is 0. The molecule has 0 saturated heterocycles. The molecular formula is C49H74N2O5. The minimum atomic E-state index is -0.358. The number of hydrogen-bond acceptors (Lipinski definition) is 5. The fourth-order valence-electron chi connectivity index (χ4n) is 15.3. The molecule has 4 unspecified atom stereocenters. The maximum absolute atomic E-state index is 14.7. The maximum atomic E-state index is 14.7. The predicted molar refractivity (Wildman–Crippen MR) is 223 cm³/mol. The van der Waals surface area contributed by atoms with E-state index < -0.39 is 0 Å². The van der Waals surface area contributed by atoms with Crippen molar-refractivity contribution in [2.45, 2.75) is 157 Å². The summed E-state index contributed by atoms with van der Waals surface area (Å²) in [5.41, 5.74) is 3.15. The number of amides is 2. The Bertz CT molecular complexity index is 1680. The SMILES string of the molecule is C=C(C)[C@@H]1CC[C@]2(C(=O)NCCc3cccc(C(=O)N[C@H](C)C4CCC(C(=O)OC)CC4)c3)CC[C@]3(C)C(CCC4[C@@]5(C)CC[C@H](O)C(C)(C)C5CC[C@]43C)C12. The molecule has 0 aliphatic heterocycles. The zero-order valence-corrected chi connectivity index (χ0v) is 36.1. The first-order chi connectivity index (χ1) is 26.4. The van der Waals surface area contributed by atoms with Crippen LogP contribution in [0, 0.1) is 68.5 Å². The normalized spacial score (nSPS) is 41.8. The van der Waals surface area contributed by atoms with Crippen molar-refractivity contribution in [2.24, 2.45) is 68.5 Å². The summed E-state index contributed by atoms with van der Waals surface area (Å²) in [7, 11) is 1.45. The average molecular weight is 771 g/mol. The van der Waals surface area contributed by atoms with Crippen molar-refractivity contribution in [2.75, 3.05) is 13.7 Å². The molecule has 7 nitrogen and oxygen atoms in total. The Balaban J connectivity index is 1.01. The lowest BCUT2D eigenvalue weighted by Crippen LogP contribution is -2.67. The van der Waals surface area contributed by atoms with Crippen LogP contribution in [-0.2, 0) is 20.7 Å². The van der Waals surface area contributed by atoms with E-state index in [2.05, 4.69) is 71.7 Å². The van der Waals surface area contributed by atoms with Crippen LogP contribution in [0.15, 0.2) is 36.4 Å². The van der Waals surface area contributed by atoms with Gasteiger partial charge in [-0.15, -0.1) is 0 Å². The summed E-state index contributed by atoms with van der Waals surface area (Å²) in [6.45, 7) is 21.9. The van der Waals surface area contributed by atoms with Gasteiger partial charge in [0, 0.05) is 18.2 Å². The number of allylic oxidation sites excluding steroid dienone is 1. The van der Waals surface area contributed by atoms with E-state index in [4.69, 9.17) is 4.74 Å². The molecule has 6 saturated carbocycles. The third-order valence-electron chi connectivity index (χ3n) is 18.8. The number of fused-ring (bicyclic) bond motifs is 7. The van der Waals surface area contributed by atoms with Crippen molar-refractivity contribution < 1.29 is 24.2 Å². The molecule has 0 spiro atoms. The summed E-state index contributed by atoms with van der Waals surface area (Å²) in [5, 5.41) is 17.8. The summed E-state index contributed by atoms with van der Waals surface area (Å²) < 4.78 is 4.95. The first kappa shape index (κ1) is 41.5. The maximum Gasteiger partial charge on any atom is 0.308 e. The van der Waals surface area contributed by atoms with Crippen LogP contribution in [0.4, 0.5) is 0 Å². The van der Waals surface area contributed by atoms with Crippen LogP contribution in [0.25, 0.3) is 0 Å². The standard InChI is InChI=1S/C49H74N2O5/c1-30(2)36-19-25-49(27-26-47(7)37(41(36)49)17-18-39-46(6)23-21-40(52)45(4,5)38(46)20-24-48(39,47)8)44(55)50-28-22-32-11-10-12-35(29-32)42(53)51-31(3)33-13-15-34(16-14-33)43(54)56-9/h10-12,29,31,33-34,36-41,52H,1,13-28H2,2-9H3,(H,50,55)(H,51,53)/t31-,33?,34?,36+,37?,38?,39?,40+,41?,46+,47-,48-,49+/m1/s1. The first-order valence-corrected chi connectivity index (χ1v) is 22.5. The molecular weight excluding hydrogens is 697 g/mol. The Morgan fingerprint density at radius 1 is 0.875 bits per heavy atom. The molecule has 310 valence electrons. The van der Waals surface area contributed by atoms with Gasteiger partial charge in [0.05, 0.1) is 24.5 Å². The van der Waals surface area contributed by atoms with Crippen molar-refractivity contribution in [3.05, 3.63) is 47.5 Å². The van der Waals surface area contributed by atoms with E-state index in [1.165, 1.54) is 38.4 Å². The van der Waals surface area contributed by atoms with Crippen molar-refractivity contribution >= 4 is 17.8 Å². The van der Waals surface area contributed by atoms with Crippen molar-refractivity contribution in [1.29, 1.82) is 0 Å². The number of aliphatic hydroxyl groups excluding tert-OH is 1. The molecule has 0 heterocycles. The summed E-state index contributed by atoms with van der Waals surface area (Å²) in [6.07, 6.45) is 14.8. The molecule has 6 fully saturated rings. The number of rotatable bonds is 9. The minimum Gasteiger partial charge on any atom is -0.469 e. The molecule has 7 heteroatoms. The summed E-state index contributed by atoms with van der Waals surface area (Å²) in [5.74, 6) is 2.74. The molecule has 0 aromatic heterocycles. The highest BCUT2D eigenvalue weighted by Gasteiger charge is 2.71. The van der Waals surface area contributed by atoms with Gasteiger partial charge in [-0.05, 0) is 185 Å². The van der Waals surface area contributed by atoms with Crippen molar-refractivity contribution in [1.82, 2.24) is 10.6 Å². The van der Waals surface area contributed by atoms with E-state index in [9.17, 15) is 19.5 Å². The highest BCUT2D eigenvalue weighted by atomic mass is 16.5. The molecule has 1 aromatic carbocycles. The van der Waals surface area contributed by atoms with Crippen molar-refractivity contribution in [3.63, 3.8) is 0 Å². The molecule has 11 atom stereocenters. The molecule has 7 rings (SSSR count). The Kier molecular flexibility index (Phi) is 11.2. The molecule has 56 heavy (non-hydrogen) atoms. The van der Waals surface area contributed by atoms with Gasteiger partial charge >= 0.3 is 5.97 Å². The van der Waals surface area contributed by atoms with Crippen LogP contribution >= 0.6 is 0 Å². The average Bonchev–Trinajstić information content (AvgIpc) is 3.58. The van der Waals surface area contributed by atoms with Gasteiger partial charge in [0.1, 0.15) is 0 Å². The van der Waals surface area contributed by atoms with E-state index in [0.717, 1.165) is 69.8 Å². The molecule has 1 aromatic rings. The Morgan fingerprint density at radius 2 is 1.61 bits per heavy atom. The lowest BCUT2D eigenvalue weighted by molar-refractivity contribution is -0.246. The van der Waals surface area contributed by atoms with Gasteiger partial charge in [0.15, 0.2) is 0 Å². The molecule has 0 radical (unpaired) electrons. The molecule has 2 amide bonds. The topological polar surface area (TPSA) is 105 Å². The Labute approximate surface area is 338 Å². The number of benzene rings is 1. The van der Waals surface area contributed by atoms with Crippen LogP contribution in [0.3, 0.4) is 0 Å². The molecule has 6 aliphatic carbocycles. The van der Waals surface area contributed by atoms with Crippen LogP contribution in [0.2, 0.25) is 0 Å². The van der Waals surface area contributed by atoms with Gasteiger partial charge in [-0.1, -0.05) is 58.9 Å². The lowest BCUT2D eigenvalue weighted by atomic mass is 9.32. The number of carbonyl (C=O) groups excluding carboxylic acids is 3. The third-order valence-corrected chi connectivity index (χ3v) is 18.8. The van der Waals surface area contributed by atoms with Gasteiger partial charge in [-0.25, -0.2) is 0 Å². The largest absolute Gasteiger partial charge is 0.469 e. The highest BCUT2D eigenvalue weighted by Crippen LogP contribution is 2.77. The Morgan fingerprint density at radius 3 is 2.30 bits per heavy atom. The number of carbonyl (C=O) groups is 3. The third kappa shape index (κ3) is 6.60. The van der Waals surface area contributed by atoms with Crippen LogP contribution in [0.1, 0.15) is 154 Å². The molecule has 6 aliphatic rings. The van der Waals surface area contributed by atoms with Crippen molar-refractivity contribution in [3.8, 4) is 0 Å².